The fraction of sp³-hybridized carbons (Fsp3) is 0.156. The monoisotopic (exact) mass is 856 g/mol. The fourth-order valence-corrected chi connectivity index (χ4v) is 9.27. The molecule has 0 aliphatic rings. The van der Waals surface area contributed by atoms with E-state index in [1.165, 1.54) is 111 Å². The van der Waals surface area contributed by atoms with Crippen molar-refractivity contribution in [3.63, 3.8) is 0 Å². The Morgan fingerprint density at radius 2 is 0.515 bits per heavy atom. The molecule has 0 saturated heterocycles. The summed E-state index contributed by atoms with van der Waals surface area (Å²) in [6.45, 7) is 12.6. The quantitative estimate of drug-likeness (QED) is 0.107. The molecule has 0 N–H and O–H groups in total. The highest BCUT2D eigenvalue weighted by Gasteiger charge is 2.23. The maximum Gasteiger partial charge on any atom is 0.0230 e. The molecule has 0 unspecified atom stereocenters. The summed E-state index contributed by atoms with van der Waals surface area (Å²) in [6.07, 6.45) is 0. The van der Waals surface area contributed by atoms with Gasteiger partial charge in [-0.1, -0.05) is 231 Å². The van der Waals surface area contributed by atoms with Crippen LogP contribution in [0.25, 0.3) is 89.0 Å². The first-order chi connectivity index (χ1) is 32.3. The van der Waals surface area contributed by atoms with Crippen molar-refractivity contribution < 1.29 is 0 Å². The van der Waals surface area contributed by atoms with Gasteiger partial charge in [-0.05, 0) is 141 Å². The van der Waals surface area contributed by atoms with Crippen molar-refractivity contribution in [1.29, 1.82) is 0 Å². The molecule has 9 aromatic carbocycles. The number of benzene rings is 9. The molecule has 0 saturated carbocycles. The second-order valence-electron chi connectivity index (χ2n) is 17.9. The lowest BCUT2D eigenvalue weighted by Gasteiger charge is -2.23. The molecule has 0 spiro atoms. The summed E-state index contributed by atoms with van der Waals surface area (Å²) in [6, 6.07) is 77.2. The van der Waals surface area contributed by atoms with E-state index in [0.717, 1.165) is 26.2 Å². The van der Waals surface area contributed by atoms with Gasteiger partial charge in [-0.15, -0.1) is 0 Å². The lowest BCUT2D eigenvalue weighted by Crippen LogP contribution is -2.16. The van der Waals surface area contributed by atoms with Crippen LogP contribution in [0, 0.1) is 13.8 Å². The van der Waals surface area contributed by atoms with Crippen LogP contribution in [-0.4, -0.2) is 37.0 Å². The van der Waals surface area contributed by atoms with Gasteiger partial charge in [0.05, 0.1) is 0 Å². The number of hydrogen-bond donors (Lipinski definition) is 0. The largest absolute Gasteiger partial charge is 0.302 e. The van der Waals surface area contributed by atoms with E-state index in [-0.39, 0.29) is 0 Å². The van der Waals surface area contributed by atoms with E-state index in [2.05, 4.69) is 258 Å². The Bertz CT molecular complexity index is 3020. The maximum absolute atomic E-state index is 2.36. The Labute approximate surface area is 393 Å². The van der Waals surface area contributed by atoms with Crippen LogP contribution in [0.4, 0.5) is 0 Å². The van der Waals surface area contributed by atoms with Gasteiger partial charge in [0.15, 0.2) is 0 Å². The van der Waals surface area contributed by atoms with Crippen LogP contribution in [0.3, 0.4) is 0 Å². The zero-order chi connectivity index (χ0) is 45.6. The molecule has 0 aliphatic carbocycles. The Morgan fingerprint density at radius 3 is 0.788 bits per heavy atom. The number of nitrogens with zero attached hydrogens (tertiary/aromatic N) is 2. The fourth-order valence-electron chi connectivity index (χ4n) is 9.27. The number of hydrogen-bond acceptors (Lipinski definition) is 2. The lowest BCUT2D eigenvalue weighted by atomic mass is 9.81. The minimum Gasteiger partial charge on any atom is -0.302 e. The number of aryl methyl sites for hydroxylation is 2. The Hall–Kier alpha value is -7.10. The van der Waals surface area contributed by atoms with E-state index in [4.69, 9.17) is 0 Å². The molecule has 0 heterocycles. The highest BCUT2D eigenvalue weighted by Crippen LogP contribution is 2.49. The van der Waals surface area contributed by atoms with Crippen LogP contribution in [0.1, 0.15) is 36.1 Å². The van der Waals surface area contributed by atoms with Gasteiger partial charge in [0.1, 0.15) is 0 Å². The van der Waals surface area contributed by atoms with Crippen molar-refractivity contribution in [2.45, 2.75) is 40.8 Å². The molecule has 0 atom stereocenters. The van der Waals surface area contributed by atoms with Crippen LogP contribution >= 0.6 is 0 Å². The van der Waals surface area contributed by atoms with Gasteiger partial charge in [-0.2, -0.15) is 0 Å². The van der Waals surface area contributed by atoms with Crippen LogP contribution < -0.4 is 0 Å². The van der Waals surface area contributed by atoms with Crippen molar-refractivity contribution in [2.75, 3.05) is 27.2 Å². The van der Waals surface area contributed by atoms with Crippen LogP contribution in [0.15, 0.2) is 206 Å². The van der Waals surface area contributed by atoms with Crippen LogP contribution in [0.5, 0.6) is 0 Å². The van der Waals surface area contributed by atoms with E-state index < -0.39 is 0 Å². The first kappa shape index (κ1) is 44.1. The predicted octanol–water partition coefficient (Wildman–Crippen LogP) is 16.5. The van der Waals surface area contributed by atoms with Gasteiger partial charge in [0, 0.05) is 13.1 Å². The van der Waals surface area contributed by atoms with Gasteiger partial charge in [0.2, 0.25) is 0 Å². The summed E-state index contributed by atoms with van der Waals surface area (Å²) in [7, 11) is 4.36. The first-order valence-electron chi connectivity index (χ1n) is 23.5. The minimum atomic E-state index is 0.922. The summed E-state index contributed by atoms with van der Waals surface area (Å²) in [5.41, 5.74) is 24.5. The number of rotatable bonds is 14. The van der Waals surface area contributed by atoms with E-state index in [9.17, 15) is 0 Å². The average Bonchev–Trinajstić information content (AvgIpc) is 3.37. The van der Waals surface area contributed by atoms with E-state index in [1.807, 2.05) is 0 Å². The topological polar surface area (TPSA) is 6.48 Å². The smallest absolute Gasteiger partial charge is 0.0230 e. The molecule has 2 nitrogen and oxygen atoms in total. The zero-order valence-corrected chi connectivity index (χ0v) is 39.4. The highest BCUT2D eigenvalue weighted by atomic mass is 15.1. The standard InChI is InChI=1S/C64H60N2/c1-7-65(5)43-47-23-31-51(32-24-47)59-41-40-58(50-29-21-46(4)22-30-50)63(62(59)54-17-13-10-14-18-54)55-35-37-56(38-36-55)64-60(52-33-25-48(26-34-52)44-66(6)8-2)42-39-57(49-27-19-45(3)20-28-49)61(64)53-15-11-9-12-16-53/h9-42H,7-8,43-44H2,1-6H3. The van der Waals surface area contributed by atoms with Crippen molar-refractivity contribution in [2.24, 2.45) is 0 Å². The summed E-state index contributed by atoms with van der Waals surface area (Å²) in [4.78, 5) is 4.69. The van der Waals surface area contributed by atoms with Gasteiger partial charge in [-0.3, -0.25) is 0 Å². The third kappa shape index (κ3) is 9.49. The summed E-state index contributed by atoms with van der Waals surface area (Å²) < 4.78 is 0. The SMILES string of the molecule is CCN(C)Cc1ccc(-c2ccc(-c3ccc(C)cc3)c(-c3ccc(-c4c(-c5ccc(CN(C)CC)cc5)ccc(-c5ccc(C)cc5)c4-c4ccccc4)cc3)c2-c2ccccc2)cc1. The molecule has 2 heteroatoms. The zero-order valence-electron chi connectivity index (χ0n) is 39.4. The van der Waals surface area contributed by atoms with Gasteiger partial charge in [0.25, 0.3) is 0 Å². The molecular weight excluding hydrogens is 797 g/mol. The molecule has 326 valence electrons. The molecular formula is C64H60N2. The average molecular weight is 857 g/mol. The second-order valence-corrected chi connectivity index (χ2v) is 17.9. The van der Waals surface area contributed by atoms with E-state index in [1.54, 1.807) is 0 Å². The third-order valence-electron chi connectivity index (χ3n) is 13.2. The normalized spacial score (nSPS) is 11.4. The Balaban J connectivity index is 1.28. The molecule has 66 heavy (non-hydrogen) atoms. The van der Waals surface area contributed by atoms with Crippen LogP contribution in [0.2, 0.25) is 0 Å². The predicted molar refractivity (Wildman–Crippen MR) is 283 cm³/mol. The second kappa shape index (κ2) is 20.0. The van der Waals surface area contributed by atoms with E-state index in [0.29, 0.717) is 0 Å². The van der Waals surface area contributed by atoms with Crippen molar-refractivity contribution >= 4 is 0 Å². The minimum absolute atomic E-state index is 0.922. The van der Waals surface area contributed by atoms with E-state index >= 15 is 0 Å². The highest BCUT2D eigenvalue weighted by molar-refractivity contribution is 6.04. The summed E-state index contributed by atoms with van der Waals surface area (Å²) in [5, 5.41) is 0. The van der Waals surface area contributed by atoms with Gasteiger partial charge < -0.3 is 9.80 Å². The maximum atomic E-state index is 2.36. The van der Waals surface area contributed by atoms with Crippen LogP contribution in [-0.2, 0) is 13.1 Å². The summed E-state index contributed by atoms with van der Waals surface area (Å²) >= 11 is 0. The molecule has 9 rings (SSSR count). The lowest BCUT2D eigenvalue weighted by molar-refractivity contribution is 0.346. The third-order valence-corrected chi connectivity index (χ3v) is 13.2. The molecule has 9 aromatic rings. The van der Waals surface area contributed by atoms with Crippen molar-refractivity contribution in [3.05, 3.63) is 229 Å². The molecule has 0 amide bonds. The molecule has 0 bridgehead atoms. The Morgan fingerprint density at radius 1 is 0.273 bits per heavy atom. The Kier molecular flexibility index (Phi) is 13.3. The molecule has 0 aliphatic heterocycles. The van der Waals surface area contributed by atoms with Crippen molar-refractivity contribution in [1.82, 2.24) is 9.80 Å². The van der Waals surface area contributed by atoms with Gasteiger partial charge >= 0.3 is 0 Å². The van der Waals surface area contributed by atoms with Crippen molar-refractivity contribution in [3.8, 4) is 89.0 Å². The van der Waals surface area contributed by atoms with Gasteiger partial charge in [-0.25, -0.2) is 0 Å². The first-order valence-corrected chi connectivity index (χ1v) is 23.5. The molecule has 0 radical (unpaired) electrons. The summed E-state index contributed by atoms with van der Waals surface area (Å²) in [5.74, 6) is 0. The molecule has 0 aromatic heterocycles. The molecule has 0 fully saturated rings.